The van der Waals surface area contributed by atoms with E-state index in [1.165, 1.54) is 22.8 Å². The maximum Gasteiger partial charge on any atom is 0.321 e. The number of aromatic nitrogens is 1. The molecule has 1 aliphatic rings. The van der Waals surface area contributed by atoms with Crippen molar-refractivity contribution in [3.8, 4) is 11.3 Å². The summed E-state index contributed by atoms with van der Waals surface area (Å²) in [4.78, 5) is 18.1. The van der Waals surface area contributed by atoms with Crippen LogP contribution in [0.4, 0.5) is 19.3 Å². The van der Waals surface area contributed by atoms with Gasteiger partial charge in [0.15, 0.2) is 0 Å². The minimum absolute atomic E-state index is 0.0395. The van der Waals surface area contributed by atoms with Crippen LogP contribution >= 0.6 is 0 Å². The molecular formula is C19H22F2N4O3S. The minimum atomic E-state index is -3.22. The number of sulfonamides is 1. The largest absolute Gasteiger partial charge is 0.325 e. The number of piperidine rings is 1. The van der Waals surface area contributed by atoms with E-state index in [1.54, 1.807) is 18.0 Å². The first-order valence-corrected chi connectivity index (χ1v) is 10.9. The molecule has 3 rings (SSSR count). The topological polar surface area (TPSA) is 82.6 Å². The molecule has 1 aromatic carbocycles. The Bertz CT molecular complexity index is 991. The van der Waals surface area contributed by atoms with E-state index in [1.807, 2.05) is 0 Å². The average molecular weight is 424 g/mol. The van der Waals surface area contributed by atoms with Gasteiger partial charge in [-0.1, -0.05) is 0 Å². The number of nitrogens with one attached hydrogen (secondary N) is 1. The van der Waals surface area contributed by atoms with E-state index >= 15 is 0 Å². The molecule has 2 amide bonds. The molecule has 0 atom stereocenters. The summed E-state index contributed by atoms with van der Waals surface area (Å²) in [5.74, 6) is -1.15. The predicted octanol–water partition coefficient (Wildman–Crippen LogP) is 2.91. The van der Waals surface area contributed by atoms with E-state index in [0.717, 1.165) is 18.2 Å². The molecule has 2 heterocycles. The van der Waals surface area contributed by atoms with Crippen LogP contribution in [0.25, 0.3) is 11.3 Å². The lowest BCUT2D eigenvalue weighted by Gasteiger charge is -2.35. The van der Waals surface area contributed by atoms with Crippen LogP contribution in [0.1, 0.15) is 12.8 Å². The van der Waals surface area contributed by atoms with Crippen molar-refractivity contribution in [2.24, 2.45) is 0 Å². The summed E-state index contributed by atoms with van der Waals surface area (Å²) in [5, 5.41) is 2.71. The first-order valence-electron chi connectivity index (χ1n) is 9.05. The molecule has 0 saturated carbocycles. The predicted molar refractivity (Wildman–Crippen MR) is 106 cm³/mol. The van der Waals surface area contributed by atoms with Crippen LogP contribution < -0.4 is 5.32 Å². The van der Waals surface area contributed by atoms with Crippen molar-refractivity contribution in [2.75, 3.05) is 31.7 Å². The maximum absolute atomic E-state index is 13.9. The highest BCUT2D eigenvalue weighted by Gasteiger charge is 2.29. The lowest BCUT2D eigenvalue weighted by atomic mass is 10.1. The molecule has 1 fully saturated rings. The maximum atomic E-state index is 13.9. The Labute approximate surface area is 168 Å². The number of hydrogen-bond acceptors (Lipinski definition) is 4. The number of anilines is 1. The Morgan fingerprint density at radius 1 is 1.21 bits per heavy atom. The van der Waals surface area contributed by atoms with Gasteiger partial charge in [-0.3, -0.25) is 4.98 Å². The van der Waals surface area contributed by atoms with E-state index in [2.05, 4.69) is 10.3 Å². The molecule has 1 aliphatic heterocycles. The van der Waals surface area contributed by atoms with Crippen LogP contribution in [0.5, 0.6) is 0 Å². The number of urea groups is 1. The minimum Gasteiger partial charge on any atom is -0.325 e. The zero-order chi connectivity index (χ0) is 21.2. The van der Waals surface area contributed by atoms with Crippen LogP contribution in [0.3, 0.4) is 0 Å². The SMILES string of the molecule is CN(C(=O)Nc1ccc(-c2cc(F)ccc2F)nc1)C1CCN(S(C)(=O)=O)CC1. The summed E-state index contributed by atoms with van der Waals surface area (Å²) in [6.45, 7) is 0.743. The van der Waals surface area contributed by atoms with Crippen molar-refractivity contribution in [2.45, 2.75) is 18.9 Å². The molecule has 0 aliphatic carbocycles. The third kappa shape index (κ3) is 5.07. The highest BCUT2D eigenvalue weighted by Crippen LogP contribution is 2.23. The Morgan fingerprint density at radius 3 is 2.48 bits per heavy atom. The van der Waals surface area contributed by atoms with Crippen molar-refractivity contribution in [1.82, 2.24) is 14.2 Å². The van der Waals surface area contributed by atoms with Gasteiger partial charge in [0.1, 0.15) is 11.6 Å². The second-order valence-corrected chi connectivity index (χ2v) is 8.97. The lowest BCUT2D eigenvalue weighted by molar-refractivity contribution is 0.174. The van der Waals surface area contributed by atoms with Crippen LogP contribution in [0.15, 0.2) is 36.5 Å². The van der Waals surface area contributed by atoms with Gasteiger partial charge in [-0.15, -0.1) is 0 Å². The van der Waals surface area contributed by atoms with Gasteiger partial charge >= 0.3 is 6.03 Å². The van der Waals surface area contributed by atoms with E-state index < -0.39 is 21.7 Å². The van der Waals surface area contributed by atoms with Gasteiger partial charge < -0.3 is 10.2 Å². The molecule has 1 N–H and O–H groups in total. The fourth-order valence-electron chi connectivity index (χ4n) is 3.26. The molecule has 10 heteroatoms. The number of benzene rings is 1. The number of nitrogens with zero attached hydrogens (tertiary/aromatic N) is 3. The van der Waals surface area contributed by atoms with Gasteiger partial charge in [0.2, 0.25) is 10.0 Å². The second-order valence-electron chi connectivity index (χ2n) is 6.99. The number of halogens is 2. The standard InChI is InChI=1S/C19H22F2N4O3S/c1-24(15-7-9-25(10-8-15)29(2,27)28)19(26)23-14-4-6-18(22-12-14)16-11-13(20)3-5-17(16)21/h3-6,11-12,15H,7-10H2,1-2H3,(H,23,26). The molecule has 156 valence electrons. The summed E-state index contributed by atoms with van der Waals surface area (Å²) in [5.41, 5.74) is 0.704. The number of rotatable bonds is 4. The third-order valence-corrected chi connectivity index (χ3v) is 6.28. The summed E-state index contributed by atoms with van der Waals surface area (Å²) >= 11 is 0. The van der Waals surface area contributed by atoms with Crippen molar-refractivity contribution in [3.05, 3.63) is 48.2 Å². The smallest absolute Gasteiger partial charge is 0.321 e. The molecule has 1 aromatic heterocycles. The Balaban J connectivity index is 1.61. The van der Waals surface area contributed by atoms with Gasteiger partial charge in [-0.2, -0.15) is 0 Å². The van der Waals surface area contributed by atoms with Gasteiger partial charge in [-0.25, -0.2) is 26.3 Å². The second kappa shape index (κ2) is 8.42. The Morgan fingerprint density at radius 2 is 1.90 bits per heavy atom. The quantitative estimate of drug-likeness (QED) is 0.818. The first-order chi connectivity index (χ1) is 13.6. The highest BCUT2D eigenvalue weighted by molar-refractivity contribution is 7.88. The van der Waals surface area contributed by atoms with E-state index in [0.29, 0.717) is 31.6 Å². The molecule has 0 bridgehead atoms. The number of carbonyl (C=O) groups is 1. The number of carbonyl (C=O) groups excluding carboxylic acids is 1. The average Bonchev–Trinajstić information content (AvgIpc) is 2.69. The molecule has 0 spiro atoms. The van der Waals surface area contributed by atoms with Gasteiger partial charge in [0.25, 0.3) is 0 Å². The molecule has 0 radical (unpaired) electrons. The summed E-state index contributed by atoms with van der Waals surface area (Å²) in [7, 11) is -1.57. The van der Waals surface area contributed by atoms with E-state index in [4.69, 9.17) is 0 Å². The van der Waals surface area contributed by atoms with Crippen LogP contribution in [0, 0.1) is 11.6 Å². The zero-order valence-electron chi connectivity index (χ0n) is 16.1. The molecule has 0 unspecified atom stereocenters. The Hall–Kier alpha value is -2.59. The van der Waals surface area contributed by atoms with Gasteiger partial charge in [-0.05, 0) is 43.2 Å². The first kappa shape index (κ1) is 21.1. The molecule has 29 heavy (non-hydrogen) atoms. The van der Waals surface area contributed by atoms with Crippen LogP contribution in [0.2, 0.25) is 0 Å². The Kier molecular flexibility index (Phi) is 6.13. The highest BCUT2D eigenvalue weighted by atomic mass is 32.2. The third-order valence-electron chi connectivity index (χ3n) is 4.98. The van der Waals surface area contributed by atoms with Crippen molar-refractivity contribution in [1.29, 1.82) is 0 Å². The normalized spacial score (nSPS) is 15.9. The van der Waals surface area contributed by atoms with E-state index in [-0.39, 0.29) is 23.3 Å². The van der Waals surface area contributed by atoms with Crippen molar-refractivity contribution >= 4 is 21.7 Å². The fourth-order valence-corrected chi connectivity index (χ4v) is 4.13. The number of hydrogen-bond donors (Lipinski definition) is 1. The monoisotopic (exact) mass is 424 g/mol. The fraction of sp³-hybridized carbons (Fsp3) is 0.368. The van der Waals surface area contributed by atoms with E-state index in [9.17, 15) is 22.0 Å². The molecule has 2 aromatic rings. The lowest BCUT2D eigenvalue weighted by Crippen LogP contribution is -2.48. The number of amides is 2. The molecular weight excluding hydrogens is 402 g/mol. The van der Waals surface area contributed by atoms with Crippen molar-refractivity contribution < 1.29 is 22.0 Å². The van der Waals surface area contributed by atoms with Crippen molar-refractivity contribution in [3.63, 3.8) is 0 Å². The summed E-state index contributed by atoms with van der Waals surface area (Å²) in [6, 6.07) is 5.75. The summed E-state index contributed by atoms with van der Waals surface area (Å²) < 4.78 is 51.8. The summed E-state index contributed by atoms with van der Waals surface area (Å²) in [6.07, 6.45) is 3.65. The zero-order valence-corrected chi connectivity index (χ0v) is 16.9. The number of pyridine rings is 1. The van der Waals surface area contributed by atoms with Gasteiger partial charge in [0.05, 0.1) is 23.8 Å². The van der Waals surface area contributed by atoms with Crippen LogP contribution in [-0.2, 0) is 10.0 Å². The van der Waals surface area contributed by atoms with Crippen LogP contribution in [-0.4, -0.2) is 61.1 Å². The van der Waals surface area contributed by atoms with Gasteiger partial charge in [0, 0.05) is 31.7 Å². The molecule has 7 nitrogen and oxygen atoms in total. The molecule has 1 saturated heterocycles.